The molecule has 0 saturated carbocycles. The Bertz CT molecular complexity index is 1140. The molecule has 6 heteroatoms. The van der Waals surface area contributed by atoms with Crippen LogP contribution in [0.1, 0.15) is 22.3 Å². The predicted octanol–water partition coefficient (Wildman–Crippen LogP) is 4.18. The zero-order valence-electron chi connectivity index (χ0n) is 16.6. The van der Waals surface area contributed by atoms with E-state index in [9.17, 15) is 14.7 Å². The van der Waals surface area contributed by atoms with Gasteiger partial charge in [0.15, 0.2) is 5.60 Å². The maximum Gasteiger partial charge on any atom is 0.268 e. The van der Waals surface area contributed by atoms with Crippen molar-refractivity contribution in [3.05, 3.63) is 94.0 Å². The van der Waals surface area contributed by atoms with E-state index in [1.807, 2.05) is 32.0 Å². The zero-order chi connectivity index (χ0) is 21.5. The molecule has 1 aliphatic rings. The number of carbonyl (C=O) groups is 2. The predicted molar refractivity (Wildman–Crippen MR) is 118 cm³/mol. The van der Waals surface area contributed by atoms with Gasteiger partial charge in [-0.05, 0) is 43.2 Å². The van der Waals surface area contributed by atoms with Gasteiger partial charge in [-0.2, -0.15) is 0 Å². The van der Waals surface area contributed by atoms with Gasteiger partial charge in [0.25, 0.3) is 5.91 Å². The van der Waals surface area contributed by atoms with Crippen LogP contribution in [-0.2, 0) is 15.2 Å². The molecular weight excluding hydrogens is 400 g/mol. The molecule has 0 unspecified atom stereocenters. The van der Waals surface area contributed by atoms with Crippen molar-refractivity contribution in [3.63, 3.8) is 0 Å². The summed E-state index contributed by atoms with van der Waals surface area (Å²) < 4.78 is 0. The van der Waals surface area contributed by atoms with Gasteiger partial charge in [0.1, 0.15) is 6.54 Å². The first kappa shape index (κ1) is 20.1. The van der Waals surface area contributed by atoms with Crippen molar-refractivity contribution in [2.45, 2.75) is 19.4 Å². The van der Waals surface area contributed by atoms with Crippen LogP contribution in [0.25, 0.3) is 0 Å². The number of hydrogen-bond donors (Lipinski definition) is 2. The Balaban J connectivity index is 1.65. The van der Waals surface area contributed by atoms with E-state index in [0.29, 0.717) is 27.5 Å². The molecule has 0 fully saturated rings. The Morgan fingerprint density at radius 2 is 1.70 bits per heavy atom. The second kappa shape index (κ2) is 7.59. The molecule has 0 saturated heterocycles. The summed E-state index contributed by atoms with van der Waals surface area (Å²) in [6, 6.07) is 19.5. The highest BCUT2D eigenvalue weighted by atomic mass is 35.5. The lowest BCUT2D eigenvalue weighted by atomic mass is 9.87. The number of benzene rings is 3. The number of carbonyl (C=O) groups excluding carboxylic acids is 2. The molecule has 4 rings (SSSR count). The highest BCUT2D eigenvalue weighted by molar-refractivity contribution is 6.33. The van der Waals surface area contributed by atoms with Crippen LogP contribution in [0.4, 0.5) is 11.4 Å². The minimum absolute atomic E-state index is 0.242. The second-order valence-electron chi connectivity index (χ2n) is 7.52. The molecule has 1 heterocycles. The molecule has 0 aliphatic carbocycles. The lowest BCUT2D eigenvalue weighted by Gasteiger charge is -2.23. The normalized spacial score (nSPS) is 17.7. The number of aryl methyl sites for hydroxylation is 2. The number of nitrogens with zero attached hydrogens (tertiary/aromatic N) is 1. The largest absolute Gasteiger partial charge is 0.372 e. The Kier molecular flexibility index (Phi) is 5.10. The smallest absolute Gasteiger partial charge is 0.268 e. The van der Waals surface area contributed by atoms with Crippen LogP contribution in [0.2, 0.25) is 5.02 Å². The fraction of sp³-hybridized carbons (Fsp3) is 0.167. The summed E-state index contributed by atoms with van der Waals surface area (Å²) in [6.07, 6.45) is 0. The number of amides is 2. The molecule has 2 N–H and O–H groups in total. The maximum absolute atomic E-state index is 13.3. The number of anilines is 2. The van der Waals surface area contributed by atoms with Crippen LogP contribution in [0.15, 0.2) is 66.7 Å². The van der Waals surface area contributed by atoms with Crippen molar-refractivity contribution in [1.29, 1.82) is 0 Å². The Morgan fingerprint density at radius 1 is 1.03 bits per heavy atom. The van der Waals surface area contributed by atoms with E-state index in [1.54, 1.807) is 48.5 Å². The summed E-state index contributed by atoms with van der Waals surface area (Å²) in [6.45, 7) is 3.60. The molecule has 0 aromatic heterocycles. The topological polar surface area (TPSA) is 69.6 Å². The summed E-state index contributed by atoms with van der Waals surface area (Å²) in [4.78, 5) is 27.4. The molecule has 30 heavy (non-hydrogen) atoms. The van der Waals surface area contributed by atoms with E-state index in [2.05, 4.69) is 5.32 Å². The van der Waals surface area contributed by atoms with Gasteiger partial charge in [-0.1, -0.05) is 65.7 Å². The number of aliphatic hydroxyl groups is 1. The van der Waals surface area contributed by atoms with Crippen molar-refractivity contribution in [2.24, 2.45) is 0 Å². The zero-order valence-corrected chi connectivity index (χ0v) is 17.4. The van der Waals surface area contributed by atoms with E-state index >= 15 is 0 Å². The van der Waals surface area contributed by atoms with Crippen LogP contribution in [0.5, 0.6) is 0 Å². The number of para-hydroxylation sites is 1. The first-order valence-corrected chi connectivity index (χ1v) is 9.95. The molecule has 0 spiro atoms. The molecule has 0 bridgehead atoms. The van der Waals surface area contributed by atoms with E-state index in [0.717, 1.165) is 11.1 Å². The van der Waals surface area contributed by atoms with Crippen molar-refractivity contribution >= 4 is 34.8 Å². The lowest BCUT2D eigenvalue weighted by molar-refractivity contribution is -0.133. The van der Waals surface area contributed by atoms with Gasteiger partial charge in [-0.25, -0.2) is 0 Å². The Hall–Kier alpha value is -3.15. The van der Waals surface area contributed by atoms with Gasteiger partial charge in [0.05, 0.1) is 16.4 Å². The second-order valence-corrected chi connectivity index (χ2v) is 7.92. The summed E-state index contributed by atoms with van der Waals surface area (Å²) in [5.74, 6) is -0.963. The molecule has 3 aromatic carbocycles. The van der Waals surface area contributed by atoms with Gasteiger partial charge in [-0.3, -0.25) is 14.5 Å². The minimum Gasteiger partial charge on any atom is -0.372 e. The quantitative estimate of drug-likeness (QED) is 0.665. The third kappa shape index (κ3) is 3.36. The lowest BCUT2D eigenvalue weighted by Crippen LogP contribution is -2.44. The molecule has 1 atom stereocenters. The molecule has 1 aliphatic heterocycles. The first-order chi connectivity index (χ1) is 14.3. The van der Waals surface area contributed by atoms with Crippen LogP contribution in [-0.4, -0.2) is 23.5 Å². The molecule has 152 valence electrons. The van der Waals surface area contributed by atoms with E-state index in [1.165, 1.54) is 4.90 Å². The number of halogens is 1. The summed E-state index contributed by atoms with van der Waals surface area (Å²) in [5, 5.41) is 14.6. The van der Waals surface area contributed by atoms with E-state index in [-0.39, 0.29) is 6.54 Å². The van der Waals surface area contributed by atoms with Gasteiger partial charge < -0.3 is 10.4 Å². The monoisotopic (exact) mass is 420 g/mol. The maximum atomic E-state index is 13.3. The summed E-state index contributed by atoms with van der Waals surface area (Å²) >= 11 is 6.20. The standard InChI is InChI=1S/C24H21ClN2O3/c1-15-7-10-17(11-8-15)24(30)18-5-3-4-6-21(18)27(23(24)29)14-22(28)26-20-12-9-16(2)13-19(20)25/h3-13,30H,14H2,1-2H3,(H,26,28)/t24-/m1/s1. The fourth-order valence-electron chi connectivity index (χ4n) is 3.72. The average molecular weight is 421 g/mol. The van der Waals surface area contributed by atoms with Gasteiger partial charge >= 0.3 is 0 Å². The van der Waals surface area contributed by atoms with Gasteiger partial charge in [0, 0.05) is 5.56 Å². The highest BCUT2D eigenvalue weighted by Crippen LogP contribution is 2.44. The van der Waals surface area contributed by atoms with E-state index in [4.69, 9.17) is 11.6 Å². The number of hydrogen-bond acceptors (Lipinski definition) is 3. The van der Waals surface area contributed by atoms with Crippen molar-refractivity contribution in [1.82, 2.24) is 0 Å². The van der Waals surface area contributed by atoms with Crippen LogP contribution >= 0.6 is 11.6 Å². The Labute approximate surface area is 179 Å². The molecule has 0 radical (unpaired) electrons. The molecular formula is C24H21ClN2O3. The van der Waals surface area contributed by atoms with Crippen molar-refractivity contribution < 1.29 is 14.7 Å². The fourth-order valence-corrected chi connectivity index (χ4v) is 4.00. The van der Waals surface area contributed by atoms with Crippen LogP contribution in [0.3, 0.4) is 0 Å². The summed E-state index contributed by atoms with van der Waals surface area (Å²) in [5.41, 5.74) is 2.07. The molecule has 5 nitrogen and oxygen atoms in total. The number of rotatable bonds is 4. The van der Waals surface area contributed by atoms with Crippen molar-refractivity contribution in [3.8, 4) is 0 Å². The number of fused-ring (bicyclic) bond motifs is 1. The SMILES string of the molecule is Cc1ccc([C@]2(O)C(=O)N(CC(=O)Nc3ccc(C)cc3Cl)c3ccccc32)cc1. The molecule has 3 aromatic rings. The van der Waals surface area contributed by atoms with Crippen molar-refractivity contribution in [2.75, 3.05) is 16.8 Å². The summed E-state index contributed by atoms with van der Waals surface area (Å²) in [7, 11) is 0. The first-order valence-electron chi connectivity index (χ1n) is 9.57. The van der Waals surface area contributed by atoms with E-state index < -0.39 is 17.4 Å². The third-order valence-electron chi connectivity index (χ3n) is 5.31. The molecule has 2 amide bonds. The van der Waals surface area contributed by atoms with Crippen LogP contribution in [0, 0.1) is 13.8 Å². The number of nitrogens with one attached hydrogen (secondary N) is 1. The average Bonchev–Trinajstić information content (AvgIpc) is 2.93. The third-order valence-corrected chi connectivity index (χ3v) is 5.62. The Morgan fingerprint density at radius 3 is 2.40 bits per heavy atom. The van der Waals surface area contributed by atoms with Gasteiger partial charge in [0.2, 0.25) is 5.91 Å². The minimum atomic E-state index is -1.84. The van der Waals surface area contributed by atoms with Gasteiger partial charge in [-0.15, -0.1) is 0 Å². The van der Waals surface area contributed by atoms with Crippen LogP contribution < -0.4 is 10.2 Å². The highest BCUT2D eigenvalue weighted by Gasteiger charge is 2.51.